The van der Waals surface area contributed by atoms with Crippen LogP contribution in [0.25, 0.3) is 0 Å². The molecule has 0 saturated heterocycles. The summed E-state index contributed by atoms with van der Waals surface area (Å²) in [6.45, 7) is 1.73. The Labute approximate surface area is 91.0 Å². The molecule has 2 rings (SSSR count). The Kier molecular flexibility index (Phi) is 2.30. The Bertz CT molecular complexity index is 438. The number of carbonyl (C=O) groups is 1. The lowest BCUT2D eigenvalue weighted by molar-refractivity contribution is 0.0907. The van der Waals surface area contributed by atoms with Crippen molar-refractivity contribution in [1.29, 1.82) is 0 Å². The van der Waals surface area contributed by atoms with E-state index in [1.807, 2.05) is 0 Å². The summed E-state index contributed by atoms with van der Waals surface area (Å²) in [7, 11) is 0. The Morgan fingerprint density at radius 1 is 1.40 bits per heavy atom. The van der Waals surface area contributed by atoms with Crippen LogP contribution < -0.4 is 0 Å². The first-order chi connectivity index (χ1) is 6.96. The second-order valence-electron chi connectivity index (χ2n) is 4.11. The van der Waals surface area contributed by atoms with Crippen LogP contribution in [0.5, 0.6) is 0 Å². The van der Waals surface area contributed by atoms with E-state index in [2.05, 4.69) is 0 Å². The molecule has 0 amide bonds. The molecule has 1 aliphatic rings. The summed E-state index contributed by atoms with van der Waals surface area (Å²) in [4.78, 5) is 11.8. The predicted octanol–water partition coefficient (Wildman–Crippen LogP) is 3.60. The molecule has 1 fully saturated rings. The van der Waals surface area contributed by atoms with Gasteiger partial charge in [-0.3, -0.25) is 4.79 Å². The first kappa shape index (κ1) is 10.6. The highest BCUT2D eigenvalue weighted by Crippen LogP contribution is 2.48. The average molecular weight is 231 g/mol. The van der Waals surface area contributed by atoms with Crippen molar-refractivity contribution < 1.29 is 13.6 Å². The Hall–Kier alpha value is -0.960. The standard InChI is InChI=1S/C11H9ClF2O/c1-11(4-5-11)10(15)8-6(12)2-3-7(13)9(8)14/h2-3H,4-5H2,1H3. The van der Waals surface area contributed by atoms with Crippen LogP contribution in [0.4, 0.5) is 8.78 Å². The van der Waals surface area contributed by atoms with Gasteiger partial charge in [0.25, 0.3) is 0 Å². The first-order valence-corrected chi connectivity index (χ1v) is 5.02. The molecule has 1 saturated carbocycles. The molecule has 0 aliphatic heterocycles. The monoisotopic (exact) mass is 230 g/mol. The van der Waals surface area contributed by atoms with E-state index in [4.69, 9.17) is 11.6 Å². The molecule has 1 nitrogen and oxygen atoms in total. The molecule has 0 atom stereocenters. The molecule has 15 heavy (non-hydrogen) atoms. The van der Waals surface area contributed by atoms with Crippen LogP contribution >= 0.6 is 11.6 Å². The third kappa shape index (κ3) is 1.65. The quantitative estimate of drug-likeness (QED) is 0.560. The Morgan fingerprint density at radius 3 is 2.53 bits per heavy atom. The third-order valence-corrected chi connectivity index (χ3v) is 3.13. The van der Waals surface area contributed by atoms with Crippen LogP contribution in [-0.4, -0.2) is 5.78 Å². The van der Waals surface area contributed by atoms with Gasteiger partial charge in [-0.1, -0.05) is 18.5 Å². The van der Waals surface area contributed by atoms with E-state index in [0.717, 1.165) is 6.07 Å². The van der Waals surface area contributed by atoms with E-state index in [9.17, 15) is 13.6 Å². The van der Waals surface area contributed by atoms with Gasteiger partial charge in [-0.05, 0) is 25.0 Å². The van der Waals surface area contributed by atoms with Crippen LogP contribution in [0.3, 0.4) is 0 Å². The summed E-state index contributed by atoms with van der Waals surface area (Å²) in [6, 6.07) is 2.13. The van der Waals surface area contributed by atoms with Crippen LogP contribution in [-0.2, 0) is 0 Å². The van der Waals surface area contributed by atoms with Crippen molar-refractivity contribution in [2.45, 2.75) is 19.8 Å². The van der Waals surface area contributed by atoms with Gasteiger partial charge >= 0.3 is 0 Å². The molecule has 0 unspecified atom stereocenters. The Morgan fingerprint density at radius 2 is 2.00 bits per heavy atom. The number of halogens is 3. The molecule has 0 aromatic heterocycles. The number of hydrogen-bond acceptors (Lipinski definition) is 1. The van der Waals surface area contributed by atoms with Crippen molar-refractivity contribution in [3.63, 3.8) is 0 Å². The second-order valence-corrected chi connectivity index (χ2v) is 4.52. The first-order valence-electron chi connectivity index (χ1n) is 4.64. The van der Waals surface area contributed by atoms with Gasteiger partial charge in [-0.25, -0.2) is 8.78 Å². The highest BCUT2D eigenvalue weighted by molar-refractivity contribution is 6.34. The molecule has 1 aromatic rings. The molecule has 1 aliphatic carbocycles. The third-order valence-electron chi connectivity index (χ3n) is 2.82. The van der Waals surface area contributed by atoms with Crippen LogP contribution in [0.1, 0.15) is 30.1 Å². The van der Waals surface area contributed by atoms with Crippen molar-refractivity contribution >= 4 is 17.4 Å². The summed E-state index contributed by atoms with van der Waals surface area (Å²) in [5.41, 5.74) is -0.852. The van der Waals surface area contributed by atoms with Gasteiger partial charge in [0.05, 0.1) is 10.6 Å². The van der Waals surface area contributed by atoms with Crippen molar-refractivity contribution in [3.8, 4) is 0 Å². The topological polar surface area (TPSA) is 17.1 Å². The van der Waals surface area contributed by atoms with Crippen molar-refractivity contribution in [2.24, 2.45) is 5.41 Å². The van der Waals surface area contributed by atoms with Crippen LogP contribution in [0, 0.1) is 17.0 Å². The second kappa shape index (κ2) is 3.27. The van der Waals surface area contributed by atoms with Crippen LogP contribution in [0.2, 0.25) is 5.02 Å². The minimum absolute atomic E-state index is 0.0213. The minimum atomic E-state index is -1.14. The van der Waals surface area contributed by atoms with Gasteiger partial charge < -0.3 is 0 Å². The normalized spacial score (nSPS) is 17.6. The predicted molar refractivity (Wildman–Crippen MR) is 53.0 cm³/mol. The Balaban J connectivity index is 2.52. The fraction of sp³-hybridized carbons (Fsp3) is 0.364. The number of Topliss-reactive ketones (excluding diaryl/α,β-unsaturated/α-hetero) is 1. The summed E-state index contributed by atoms with van der Waals surface area (Å²) in [5.74, 6) is -2.57. The largest absolute Gasteiger partial charge is 0.293 e. The molecule has 0 spiro atoms. The molecule has 0 bridgehead atoms. The van der Waals surface area contributed by atoms with E-state index < -0.39 is 22.8 Å². The average Bonchev–Trinajstić information content (AvgIpc) is 2.92. The summed E-state index contributed by atoms with van der Waals surface area (Å²) < 4.78 is 26.3. The highest BCUT2D eigenvalue weighted by atomic mass is 35.5. The molecular formula is C11H9ClF2O. The van der Waals surface area contributed by atoms with Gasteiger partial charge in [0, 0.05) is 5.41 Å². The van der Waals surface area contributed by atoms with Gasteiger partial charge in [0.1, 0.15) is 0 Å². The zero-order chi connectivity index (χ0) is 11.2. The fourth-order valence-corrected chi connectivity index (χ4v) is 1.68. The van der Waals surface area contributed by atoms with Gasteiger partial charge in [0.15, 0.2) is 17.4 Å². The molecule has 1 aromatic carbocycles. The molecular weight excluding hydrogens is 222 g/mol. The van der Waals surface area contributed by atoms with E-state index in [-0.39, 0.29) is 10.6 Å². The lowest BCUT2D eigenvalue weighted by Gasteiger charge is -2.10. The highest BCUT2D eigenvalue weighted by Gasteiger charge is 2.46. The SMILES string of the molecule is CC1(C(=O)c2c(Cl)ccc(F)c2F)CC1. The zero-order valence-electron chi connectivity index (χ0n) is 8.11. The zero-order valence-corrected chi connectivity index (χ0v) is 8.87. The number of rotatable bonds is 2. The van der Waals surface area contributed by atoms with Crippen molar-refractivity contribution in [2.75, 3.05) is 0 Å². The number of benzene rings is 1. The fourth-order valence-electron chi connectivity index (χ4n) is 1.45. The molecule has 0 radical (unpaired) electrons. The molecule has 4 heteroatoms. The van der Waals surface area contributed by atoms with Crippen LogP contribution in [0.15, 0.2) is 12.1 Å². The molecule has 0 N–H and O–H groups in total. The van der Waals surface area contributed by atoms with E-state index >= 15 is 0 Å². The number of carbonyl (C=O) groups excluding carboxylic acids is 1. The lowest BCUT2D eigenvalue weighted by Crippen LogP contribution is -2.15. The number of ketones is 1. The maximum absolute atomic E-state index is 13.4. The van der Waals surface area contributed by atoms with Gasteiger partial charge in [-0.15, -0.1) is 0 Å². The molecule has 80 valence electrons. The number of hydrogen-bond donors (Lipinski definition) is 0. The van der Waals surface area contributed by atoms with E-state index in [1.54, 1.807) is 6.92 Å². The van der Waals surface area contributed by atoms with Crippen molar-refractivity contribution in [3.05, 3.63) is 34.4 Å². The lowest BCUT2D eigenvalue weighted by atomic mass is 9.96. The van der Waals surface area contributed by atoms with Crippen molar-refractivity contribution in [1.82, 2.24) is 0 Å². The molecule has 0 heterocycles. The summed E-state index contributed by atoms with van der Waals surface area (Å²) >= 11 is 5.70. The van der Waals surface area contributed by atoms with Gasteiger partial charge in [-0.2, -0.15) is 0 Å². The summed E-state index contributed by atoms with van der Waals surface area (Å²) in [6.07, 6.45) is 1.41. The van der Waals surface area contributed by atoms with E-state index in [0.29, 0.717) is 12.8 Å². The van der Waals surface area contributed by atoms with E-state index in [1.165, 1.54) is 6.07 Å². The maximum Gasteiger partial charge on any atom is 0.173 e. The summed E-state index contributed by atoms with van der Waals surface area (Å²) in [5, 5.41) is -0.0213. The maximum atomic E-state index is 13.4. The minimum Gasteiger partial charge on any atom is -0.293 e. The smallest absolute Gasteiger partial charge is 0.173 e. The van der Waals surface area contributed by atoms with Gasteiger partial charge in [0.2, 0.25) is 0 Å².